The molecular formula is C97H76N2. The Labute approximate surface area is 583 Å². The highest BCUT2D eigenvalue weighted by Gasteiger charge is 2.58. The molecule has 0 bridgehead atoms. The average Bonchev–Trinajstić information content (AvgIpc) is 1.53. The molecule has 0 amide bonds. The average molecular weight is 1270 g/mol. The van der Waals surface area contributed by atoms with Gasteiger partial charge in [-0.25, -0.2) is 0 Å². The molecule has 5 unspecified atom stereocenters. The van der Waals surface area contributed by atoms with Crippen molar-refractivity contribution in [1.29, 1.82) is 0 Å². The molecule has 18 rings (SSSR count). The number of hydrogen-bond acceptors (Lipinski definition) is 2. The van der Waals surface area contributed by atoms with Gasteiger partial charge in [0.15, 0.2) is 0 Å². The molecule has 0 heterocycles. The molecule has 5 aliphatic rings. The molecule has 1 spiro atoms. The Morgan fingerprint density at radius 2 is 0.697 bits per heavy atom. The molecular weight excluding hydrogens is 1190 g/mol. The molecule has 99 heavy (non-hydrogen) atoms. The van der Waals surface area contributed by atoms with E-state index in [0.717, 1.165) is 58.1 Å². The lowest BCUT2D eigenvalue weighted by molar-refractivity contribution is 0.465. The van der Waals surface area contributed by atoms with Gasteiger partial charge in [0, 0.05) is 46.0 Å². The SMILES string of the molecule is C=Cc1ccc(CC2(c3cc(C)ccc3C)c3ccccc3-c3ccc(N(c4ccccc4)c4ccc5c(c4)C4(c6ccccc6-5)c5cc(N(c6ccccc6)c6ccc7c(c6)C(Cc6ccc(C=C)cc6)(c6cc(C)ccc6C)c6ccccc6-7)ccc5C5C=CC=CC54)cc32)cc1. The Kier molecular flexibility index (Phi) is 14.1. The van der Waals surface area contributed by atoms with Gasteiger partial charge in [-0.15, -0.1) is 0 Å². The van der Waals surface area contributed by atoms with Crippen LogP contribution in [-0.2, 0) is 29.1 Å². The van der Waals surface area contributed by atoms with Crippen LogP contribution in [0.2, 0.25) is 0 Å². The predicted molar refractivity (Wildman–Crippen MR) is 415 cm³/mol. The van der Waals surface area contributed by atoms with E-state index in [1.807, 2.05) is 12.2 Å². The smallest absolute Gasteiger partial charge is 0.0539 e. The van der Waals surface area contributed by atoms with Gasteiger partial charge in [0.05, 0.1) is 16.2 Å². The van der Waals surface area contributed by atoms with E-state index in [4.69, 9.17) is 0 Å². The van der Waals surface area contributed by atoms with Crippen molar-refractivity contribution >= 4 is 46.3 Å². The van der Waals surface area contributed by atoms with Gasteiger partial charge in [-0.05, 0) is 236 Å². The second kappa shape index (κ2) is 23.3. The van der Waals surface area contributed by atoms with Gasteiger partial charge < -0.3 is 9.80 Å². The number of rotatable bonds is 14. The van der Waals surface area contributed by atoms with Crippen molar-refractivity contribution in [3.05, 3.63) is 429 Å². The Morgan fingerprint density at radius 3 is 1.17 bits per heavy atom. The summed E-state index contributed by atoms with van der Waals surface area (Å²) in [5.74, 6) is 0.231. The van der Waals surface area contributed by atoms with Gasteiger partial charge >= 0.3 is 0 Å². The third kappa shape index (κ3) is 9.08. The first kappa shape index (κ1) is 59.9. The Hall–Kier alpha value is -11.6. The number of anilines is 6. The number of nitrogens with zero attached hydrogens (tertiary/aromatic N) is 2. The Bertz CT molecular complexity index is 5500. The Morgan fingerprint density at radius 1 is 0.313 bits per heavy atom. The first-order chi connectivity index (χ1) is 48.6. The monoisotopic (exact) mass is 1270 g/mol. The molecule has 0 radical (unpaired) electrons. The standard InChI is InChI=1S/C97H76N2/c1-7-67-39-43-69(44-40-67)61-95(89-55-63(3)35-37-65(89)5)85-31-19-15-27-77(85)81-51-47-73(57-91(81)95)98(71-23-11-9-12-24-71)75-49-53-83-79-29-17-21-33-87(79)97(93(83)59-75)88-34-22-18-30-80(88)84-54-50-76(60-94(84)97)99(72-25-13-10-14-26-72)74-48-52-82-78-28-16-20-32-86(78)96(92(82)58-74,90-56-64(4)36-38-66(90)6)62-70-45-41-68(8-2)42-46-70/h7-60,79,87H,1-2,61-62H2,3-6H3. The lowest BCUT2D eigenvalue weighted by Gasteiger charge is -2.38. The van der Waals surface area contributed by atoms with Crippen molar-refractivity contribution in [2.75, 3.05) is 9.80 Å². The molecule has 5 aliphatic carbocycles. The summed E-state index contributed by atoms with van der Waals surface area (Å²) in [6.45, 7) is 17.3. The van der Waals surface area contributed by atoms with E-state index in [1.54, 1.807) is 0 Å². The topological polar surface area (TPSA) is 6.48 Å². The summed E-state index contributed by atoms with van der Waals surface area (Å²) in [5, 5.41) is 0. The highest BCUT2D eigenvalue weighted by atomic mass is 15.1. The molecule has 0 fully saturated rings. The molecule has 0 saturated carbocycles. The van der Waals surface area contributed by atoms with Gasteiger partial charge in [-0.2, -0.15) is 0 Å². The third-order valence-corrected chi connectivity index (χ3v) is 22.9. The summed E-state index contributed by atoms with van der Waals surface area (Å²) in [5.41, 5.74) is 36.1. The van der Waals surface area contributed by atoms with Crippen molar-refractivity contribution in [2.24, 2.45) is 5.92 Å². The van der Waals surface area contributed by atoms with Crippen LogP contribution in [0.15, 0.2) is 329 Å². The van der Waals surface area contributed by atoms with Gasteiger partial charge in [0.25, 0.3) is 0 Å². The van der Waals surface area contributed by atoms with E-state index < -0.39 is 16.2 Å². The van der Waals surface area contributed by atoms with Crippen LogP contribution in [0.4, 0.5) is 34.1 Å². The van der Waals surface area contributed by atoms with Crippen LogP contribution in [0.25, 0.3) is 45.5 Å². The molecule has 474 valence electrons. The second-order valence-electron chi connectivity index (χ2n) is 28.3. The zero-order valence-electron chi connectivity index (χ0n) is 56.6. The van der Waals surface area contributed by atoms with Crippen LogP contribution >= 0.6 is 0 Å². The van der Waals surface area contributed by atoms with Crippen molar-refractivity contribution in [3.63, 3.8) is 0 Å². The first-order valence-corrected chi connectivity index (χ1v) is 35.1. The van der Waals surface area contributed by atoms with E-state index in [2.05, 4.69) is 366 Å². The largest absolute Gasteiger partial charge is 0.310 e. The molecule has 2 heteroatoms. The number of benzene rings is 13. The molecule has 13 aromatic carbocycles. The minimum Gasteiger partial charge on any atom is -0.310 e. The summed E-state index contributed by atoms with van der Waals surface area (Å²) in [6.07, 6.45) is 15.1. The van der Waals surface area contributed by atoms with Crippen LogP contribution in [0, 0.1) is 33.6 Å². The van der Waals surface area contributed by atoms with Crippen LogP contribution < -0.4 is 9.80 Å². The number of para-hydroxylation sites is 2. The van der Waals surface area contributed by atoms with Crippen LogP contribution in [0.1, 0.15) is 106 Å². The van der Waals surface area contributed by atoms with E-state index in [1.165, 1.54) is 122 Å². The Balaban J connectivity index is 0.836. The van der Waals surface area contributed by atoms with Crippen molar-refractivity contribution in [1.82, 2.24) is 0 Å². The van der Waals surface area contributed by atoms with Crippen LogP contribution in [0.3, 0.4) is 0 Å². The van der Waals surface area contributed by atoms with Crippen LogP contribution in [-0.4, -0.2) is 0 Å². The van der Waals surface area contributed by atoms with Gasteiger partial charge in [-0.1, -0.05) is 279 Å². The molecule has 5 atom stereocenters. The summed E-state index contributed by atoms with van der Waals surface area (Å²) >= 11 is 0. The summed E-state index contributed by atoms with van der Waals surface area (Å²) in [7, 11) is 0. The minimum atomic E-state index is -0.568. The fraction of sp³-hybridized carbons (Fsp3) is 0.113. The highest BCUT2D eigenvalue weighted by molar-refractivity contribution is 5.94. The predicted octanol–water partition coefficient (Wildman–Crippen LogP) is 24.4. The third-order valence-electron chi connectivity index (χ3n) is 22.9. The lowest BCUT2D eigenvalue weighted by atomic mass is 9.65. The van der Waals surface area contributed by atoms with E-state index >= 15 is 0 Å². The zero-order chi connectivity index (χ0) is 66.7. The van der Waals surface area contributed by atoms with Gasteiger partial charge in [0.1, 0.15) is 0 Å². The zero-order valence-corrected chi connectivity index (χ0v) is 56.6. The molecule has 0 N–H and O–H groups in total. The summed E-state index contributed by atoms with van der Waals surface area (Å²) in [6, 6.07) is 112. The molecule has 0 aliphatic heterocycles. The number of allylic oxidation sites excluding steroid dienone is 4. The quantitative estimate of drug-likeness (QED) is 0.107. The van der Waals surface area contributed by atoms with Crippen molar-refractivity contribution < 1.29 is 0 Å². The minimum absolute atomic E-state index is 0.0928. The number of fused-ring (bicyclic) bond motifs is 16. The maximum Gasteiger partial charge on any atom is 0.0539 e. The fourth-order valence-electron chi connectivity index (χ4n) is 18.6. The molecule has 13 aromatic rings. The van der Waals surface area contributed by atoms with Gasteiger partial charge in [-0.3, -0.25) is 0 Å². The maximum absolute atomic E-state index is 4.12. The summed E-state index contributed by atoms with van der Waals surface area (Å²) < 4.78 is 0. The van der Waals surface area contributed by atoms with E-state index in [0.29, 0.717) is 0 Å². The number of aryl methyl sites for hydroxylation is 4. The van der Waals surface area contributed by atoms with E-state index in [-0.39, 0.29) is 11.8 Å². The lowest BCUT2D eigenvalue weighted by Crippen LogP contribution is -2.33. The molecule has 0 aromatic heterocycles. The highest BCUT2D eigenvalue weighted by Crippen LogP contribution is 2.67. The molecule has 0 saturated heterocycles. The molecule has 2 nitrogen and oxygen atoms in total. The van der Waals surface area contributed by atoms with Crippen molar-refractivity contribution in [2.45, 2.75) is 62.7 Å². The normalized spacial score (nSPS) is 18.9. The van der Waals surface area contributed by atoms with E-state index in [9.17, 15) is 0 Å². The number of hydrogen-bond donors (Lipinski definition) is 0. The second-order valence-corrected chi connectivity index (χ2v) is 28.3. The summed E-state index contributed by atoms with van der Waals surface area (Å²) in [4.78, 5) is 5.07. The van der Waals surface area contributed by atoms with Crippen LogP contribution in [0.5, 0.6) is 0 Å². The van der Waals surface area contributed by atoms with Gasteiger partial charge in [0.2, 0.25) is 0 Å². The van der Waals surface area contributed by atoms with Crippen molar-refractivity contribution in [3.8, 4) is 33.4 Å². The fourth-order valence-corrected chi connectivity index (χ4v) is 18.6. The first-order valence-electron chi connectivity index (χ1n) is 35.1. The maximum atomic E-state index is 4.12.